The molecule has 4 atom stereocenters. The molecular weight excluding hydrogens is 484 g/mol. The highest BCUT2D eigenvalue weighted by atomic mass is 32.2. The minimum absolute atomic E-state index is 0.293. The first-order chi connectivity index (χ1) is 16.7. The number of carboxylic acids is 2. The van der Waals surface area contributed by atoms with Gasteiger partial charge in [-0.05, 0) is 79.0 Å². The molecule has 3 rings (SSSR count). The summed E-state index contributed by atoms with van der Waals surface area (Å²) < 4.78 is 32.8. The van der Waals surface area contributed by atoms with Crippen molar-refractivity contribution in [2.75, 3.05) is 12.3 Å². The normalized spacial score (nSPS) is 26.2. The number of hydrogen-bond acceptors (Lipinski definition) is 6. The summed E-state index contributed by atoms with van der Waals surface area (Å²) in [6.45, 7) is 6.98. The van der Waals surface area contributed by atoms with Crippen LogP contribution in [-0.4, -0.2) is 53.5 Å². The smallest absolute Gasteiger partial charge is 0.320 e. The van der Waals surface area contributed by atoms with Gasteiger partial charge in [0.15, 0.2) is 0 Å². The molecule has 1 saturated carbocycles. The molecule has 204 valence electrons. The Morgan fingerprint density at radius 2 is 1.83 bits per heavy atom. The van der Waals surface area contributed by atoms with E-state index in [0.29, 0.717) is 38.1 Å². The minimum atomic E-state index is -4.38. The minimum Gasteiger partial charge on any atom is -0.481 e. The summed E-state index contributed by atoms with van der Waals surface area (Å²) in [6, 6.07) is 5.73. The lowest BCUT2D eigenvalue weighted by atomic mass is 9.49. The predicted molar refractivity (Wildman–Crippen MR) is 139 cm³/mol. The number of fused-ring (bicyclic) bond motifs is 3. The van der Waals surface area contributed by atoms with E-state index in [-0.39, 0.29) is 11.3 Å². The van der Waals surface area contributed by atoms with Gasteiger partial charge >= 0.3 is 11.9 Å². The van der Waals surface area contributed by atoms with Gasteiger partial charge in [-0.15, -0.1) is 0 Å². The van der Waals surface area contributed by atoms with Gasteiger partial charge in [0.05, 0.1) is 11.2 Å². The van der Waals surface area contributed by atoms with Crippen molar-refractivity contribution >= 4 is 22.1 Å². The highest BCUT2D eigenvalue weighted by Crippen LogP contribution is 2.58. The van der Waals surface area contributed by atoms with E-state index in [9.17, 15) is 27.7 Å². The Morgan fingerprint density at radius 3 is 2.36 bits per heavy atom. The van der Waals surface area contributed by atoms with Crippen molar-refractivity contribution in [1.29, 1.82) is 0 Å². The van der Waals surface area contributed by atoms with E-state index < -0.39 is 39.3 Å². The summed E-state index contributed by atoms with van der Waals surface area (Å²) in [5, 5.41) is 18.3. The molecule has 7 N–H and O–H groups in total. The van der Waals surface area contributed by atoms with Crippen LogP contribution in [0.2, 0.25) is 0 Å². The molecule has 0 amide bonds. The maximum Gasteiger partial charge on any atom is 0.320 e. The Morgan fingerprint density at radius 1 is 1.17 bits per heavy atom. The number of hydrogen-bond donors (Lipinski definition) is 5. The lowest BCUT2D eigenvalue weighted by Gasteiger charge is -2.54. The molecule has 10 heteroatoms. The van der Waals surface area contributed by atoms with Crippen LogP contribution in [-0.2, 0) is 31.5 Å². The summed E-state index contributed by atoms with van der Waals surface area (Å²) in [4.78, 5) is 22.4. The average Bonchev–Trinajstić information content (AvgIpc) is 2.77. The van der Waals surface area contributed by atoms with Crippen LogP contribution in [0.4, 0.5) is 0 Å². The van der Waals surface area contributed by atoms with Crippen molar-refractivity contribution < 1.29 is 32.8 Å². The Balaban J connectivity index is 0.000000388. The van der Waals surface area contributed by atoms with Gasteiger partial charge in [-0.1, -0.05) is 51.8 Å². The zero-order chi connectivity index (χ0) is 27.3. The highest BCUT2D eigenvalue weighted by molar-refractivity contribution is 7.85. The molecule has 0 bridgehead atoms. The zero-order valence-electron chi connectivity index (χ0n) is 21.6. The average molecular weight is 527 g/mol. The van der Waals surface area contributed by atoms with Gasteiger partial charge in [0.2, 0.25) is 0 Å². The highest BCUT2D eigenvalue weighted by Gasteiger charge is 2.59. The second-order valence-corrected chi connectivity index (χ2v) is 12.3. The second kappa shape index (κ2) is 12.0. The molecule has 1 aromatic carbocycles. The lowest BCUT2D eigenvalue weighted by Crippen LogP contribution is -2.56. The molecule has 2 aliphatic rings. The fraction of sp³-hybridized carbons (Fsp3) is 0.692. The number of aliphatic carboxylic acids is 2. The fourth-order valence-corrected chi connectivity index (χ4v) is 7.25. The summed E-state index contributed by atoms with van der Waals surface area (Å²) in [6.07, 6.45) is 5.31. The van der Waals surface area contributed by atoms with E-state index in [2.05, 4.69) is 39.0 Å². The van der Waals surface area contributed by atoms with Crippen LogP contribution in [0.3, 0.4) is 0 Å². The zero-order valence-corrected chi connectivity index (χ0v) is 22.4. The first-order valence-corrected chi connectivity index (χ1v) is 14.3. The van der Waals surface area contributed by atoms with E-state index >= 15 is 0 Å². The van der Waals surface area contributed by atoms with Gasteiger partial charge in [0, 0.05) is 0 Å². The van der Waals surface area contributed by atoms with Gasteiger partial charge in [0.1, 0.15) is 6.04 Å². The maximum atomic E-state index is 12.2. The largest absolute Gasteiger partial charge is 0.481 e. The molecule has 1 fully saturated rings. The molecule has 9 nitrogen and oxygen atoms in total. The van der Waals surface area contributed by atoms with Crippen LogP contribution in [0, 0.1) is 11.3 Å². The van der Waals surface area contributed by atoms with Crippen molar-refractivity contribution in [2.45, 2.75) is 89.5 Å². The van der Waals surface area contributed by atoms with E-state index in [1.165, 1.54) is 11.1 Å². The molecule has 2 aliphatic carbocycles. The Kier molecular flexibility index (Phi) is 10.1. The van der Waals surface area contributed by atoms with Crippen molar-refractivity contribution in [2.24, 2.45) is 22.8 Å². The number of carboxylic acid groups (broad SMARTS) is 2. The van der Waals surface area contributed by atoms with Gasteiger partial charge in [-0.25, -0.2) is 0 Å². The molecule has 1 aromatic rings. The van der Waals surface area contributed by atoms with E-state index in [1.807, 2.05) is 0 Å². The molecule has 0 unspecified atom stereocenters. The third kappa shape index (κ3) is 6.85. The van der Waals surface area contributed by atoms with Crippen LogP contribution < -0.4 is 11.5 Å². The lowest BCUT2D eigenvalue weighted by molar-refractivity contribution is -0.157. The van der Waals surface area contributed by atoms with Crippen molar-refractivity contribution in [3.8, 4) is 0 Å². The molecule has 0 saturated heterocycles. The van der Waals surface area contributed by atoms with Crippen molar-refractivity contribution in [3.05, 3.63) is 34.9 Å². The number of carbonyl (C=O) groups is 2. The SMILES string of the molecule is CC(C)c1ccc2c(c1)CC[C@H]1[C@@](CS(=O)(=O)O)(C(=O)O)CCC[C@]21C.NCCCC[C@H](N)C(=O)O. The molecule has 0 spiro atoms. The molecule has 0 aromatic heterocycles. The van der Waals surface area contributed by atoms with Gasteiger partial charge in [-0.2, -0.15) is 8.42 Å². The number of nitrogens with two attached hydrogens (primary N) is 2. The topological polar surface area (TPSA) is 181 Å². The molecule has 0 aliphatic heterocycles. The van der Waals surface area contributed by atoms with Crippen LogP contribution in [0.25, 0.3) is 0 Å². The molecular formula is C26H42N2O7S. The van der Waals surface area contributed by atoms with Crippen LogP contribution in [0.5, 0.6) is 0 Å². The van der Waals surface area contributed by atoms with Crippen LogP contribution in [0.15, 0.2) is 18.2 Å². The van der Waals surface area contributed by atoms with Gasteiger partial charge in [-0.3, -0.25) is 14.1 Å². The third-order valence-electron chi connectivity index (χ3n) is 8.02. The maximum absolute atomic E-state index is 12.2. The summed E-state index contributed by atoms with van der Waals surface area (Å²) in [7, 11) is -4.38. The molecule has 0 radical (unpaired) electrons. The Labute approximate surface area is 214 Å². The van der Waals surface area contributed by atoms with Crippen LogP contribution >= 0.6 is 0 Å². The number of unbranched alkanes of at least 4 members (excludes halogenated alkanes) is 1. The molecule has 36 heavy (non-hydrogen) atoms. The Bertz CT molecular complexity index is 1040. The van der Waals surface area contributed by atoms with E-state index in [0.717, 1.165) is 31.2 Å². The number of benzene rings is 1. The standard InChI is InChI=1S/C20H28O5S.C6H14N2O2/c1-13(2)14-5-7-16-15(11-14)6-8-17-19(16,3)9-4-10-20(17,18(21)22)12-26(23,24)25;7-4-2-1-3-5(8)6(9)10/h5,7,11,13,17H,4,6,8-10,12H2,1-3H3,(H,21,22)(H,23,24,25);5H,1-4,7-8H2,(H,9,10)/t17-,19-,20-;5-/m10/s1. The summed E-state index contributed by atoms with van der Waals surface area (Å²) in [5.74, 6) is -2.62. The molecule has 0 heterocycles. The predicted octanol–water partition coefficient (Wildman–Crippen LogP) is 3.30. The van der Waals surface area contributed by atoms with Gasteiger partial charge in [0.25, 0.3) is 10.1 Å². The first kappa shape index (κ1) is 30.2. The quantitative estimate of drug-likeness (QED) is 0.238. The Hall–Kier alpha value is -2.01. The first-order valence-electron chi connectivity index (χ1n) is 12.7. The van der Waals surface area contributed by atoms with Crippen LogP contribution in [0.1, 0.15) is 88.3 Å². The third-order valence-corrected chi connectivity index (χ3v) is 8.90. The number of aryl methyl sites for hydroxylation is 1. The summed E-state index contributed by atoms with van der Waals surface area (Å²) in [5.41, 5.74) is 12.3. The van der Waals surface area contributed by atoms with Crippen molar-refractivity contribution in [1.82, 2.24) is 0 Å². The second-order valence-electron chi connectivity index (χ2n) is 10.9. The monoisotopic (exact) mass is 526 g/mol. The van der Waals surface area contributed by atoms with E-state index in [1.54, 1.807) is 0 Å². The number of rotatable bonds is 9. The van der Waals surface area contributed by atoms with E-state index in [4.69, 9.17) is 16.6 Å². The van der Waals surface area contributed by atoms with Gasteiger partial charge < -0.3 is 21.7 Å². The fourth-order valence-electron chi connectivity index (χ4n) is 6.13. The summed E-state index contributed by atoms with van der Waals surface area (Å²) >= 11 is 0. The van der Waals surface area contributed by atoms with Crippen molar-refractivity contribution in [3.63, 3.8) is 0 Å².